The zero-order valence-corrected chi connectivity index (χ0v) is 32.7. The van der Waals surface area contributed by atoms with E-state index in [4.69, 9.17) is 19.3 Å². The van der Waals surface area contributed by atoms with Gasteiger partial charge in [-0.1, -0.05) is 43.2 Å². The minimum absolute atomic E-state index is 0.0164. The van der Waals surface area contributed by atoms with Crippen LogP contribution in [-0.4, -0.2) is 81.3 Å². The zero-order chi connectivity index (χ0) is 37.5. The van der Waals surface area contributed by atoms with E-state index in [-0.39, 0.29) is 60.9 Å². The summed E-state index contributed by atoms with van der Waals surface area (Å²) in [5.41, 5.74) is 3.42. The first kappa shape index (κ1) is 43.1. The summed E-state index contributed by atoms with van der Waals surface area (Å²) in [4.78, 5) is 21.6. The van der Waals surface area contributed by atoms with Gasteiger partial charge in [-0.3, -0.25) is 0 Å². The third-order valence-electron chi connectivity index (χ3n) is 8.91. The fraction of sp³-hybridized carbons (Fsp3) is 0.525. The van der Waals surface area contributed by atoms with Crippen LogP contribution in [0.1, 0.15) is 60.8 Å². The van der Waals surface area contributed by atoms with Crippen LogP contribution in [0.15, 0.2) is 97.2 Å². The molecular formula is C40H57NO8Se. The van der Waals surface area contributed by atoms with E-state index in [0.717, 1.165) is 65.6 Å². The predicted molar refractivity (Wildman–Crippen MR) is 202 cm³/mol. The van der Waals surface area contributed by atoms with E-state index in [1.165, 1.54) is 13.2 Å². The topological polar surface area (TPSA) is 127 Å². The zero-order valence-electron chi connectivity index (χ0n) is 30.9. The average Bonchev–Trinajstić information content (AvgIpc) is 3.95. The molecule has 1 aromatic rings. The number of nitro groups is 1. The van der Waals surface area contributed by atoms with Crippen LogP contribution in [0.25, 0.3) is 0 Å². The number of aliphatic hydroxyl groups is 1. The van der Waals surface area contributed by atoms with Crippen LogP contribution in [0.4, 0.5) is 5.69 Å². The molecule has 3 aliphatic rings. The first-order valence-electron chi connectivity index (χ1n) is 17.0. The number of benzene rings is 1. The fourth-order valence-electron chi connectivity index (χ4n) is 5.60. The molecule has 6 atom stereocenters. The average molecular weight is 759 g/mol. The summed E-state index contributed by atoms with van der Waals surface area (Å²) in [6.45, 7) is 26.5. The number of hydrogen-bond donors (Lipinski definition) is 1. The summed E-state index contributed by atoms with van der Waals surface area (Å²) < 4.78 is 22.0. The number of para-hydroxylation sites is 1. The normalized spacial score (nSPS) is 25.0. The van der Waals surface area contributed by atoms with Crippen molar-refractivity contribution >= 4 is 31.1 Å². The maximum absolute atomic E-state index is 11.0. The van der Waals surface area contributed by atoms with Crippen molar-refractivity contribution in [3.8, 4) is 0 Å². The molecular weight excluding hydrogens is 701 g/mol. The molecule has 0 amide bonds. The summed E-state index contributed by atoms with van der Waals surface area (Å²) in [5.74, 6) is 0.573. The second-order valence-electron chi connectivity index (χ2n) is 13.8. The van der Waals surface area contributed by atoms with Crippen LogP contribution in [0, 0.1) is 27.9 Å². The molecule has 0 aliphatic carbocycles. The van der Waals surface area contributed by atoms with E-state index in [2.05, 4.69) is 50.5 Å². The molecule has 9 nitrogen and oxygen atoms in total. The van der Waals surface area contributed by atoms with Crippen molar-refractivity contribution in [3.63, 3.8) is 0 Å². The molecule has 3 heterocycles. The van der Waals surface area contributed by atoms with Gasteiger partial charge in [0.15, 0.2) is 0 Å². The van der Waals surface area contributed by atoms with E-state index in [1.54, 1.807) is 18.2 Å². The Bertz CT molecular complexity index is 1420. The Morgan fingerprint density at radius 2 is 1.30 bits per heavy atom. The molecule has 276 valence electrons. The van der Waals surface area contributed by atoms with Gasteiger partial charge in [0, 0.05) is 17.9 Å². The number of nitrogens with zero attached hydrogens (tertiary/aromatic N) is 1. The molecule has 0 radical (unpaired) electrons. The summed E-state index contributed by atoms with van der Waals surface area (Å²) in [6.07, 6.45) is 14.0. The number of hydrogen-bond acceptors (Lipinski definition) is 8. The third-order valence-corrected chi connectivity index (χ3v) is 11.0. The number of esters is 1. The number of epoxide rings is 3. The SMILES string of the molecule is C=C(C)C[C@]1([C@H](C)/C=C/C(=O)OC)CO1.C=C(C)C[C@]1([C@H](C)/C=C/CO)CO1.C=C(C)C[C@]1([C@H](C)/C=C/C[Se]c2ccccc2[N+](=O)[O-])CO1. The van der Waals surface area contributed by atoms with Crippen molar-refractivity contribution in [2.45, 2.75) is 82.9 Å². The van der Waals surface area contributed by atoms with E-state index >= 15 is 0 Å². The molecule has 0 spiro atoms. The summed E-state index contributed by atoms with van der Waals surface area (Å²) >= 11 is 0.0752. The van der Waals surface area contributed by atoms with Gasteiger partial charge in [0.2, 0.25) is 0 Å². The molecule has 0 aromatic heterocycles. The Hall–Kier alpha value is -3.11. The number of ether oxygens (including phenoxy) is 4. The quantitative estimate of drug-likeness (QED) is 0.0315. The molecule has 0 unspecified atom stereocenters. The van der Waals surface area contributed by atoms with Crippen LogP contribution in [0.5, 0.6) is 0 Å². The molecule has 0 saturated carbocycles. The molecule has 1 N–H and O–H groups in total. The van der Waals surface area contributed by atoms with Gasteiger partial charge in [-0.25, -0.2) is 4.79 Å². The Balaban J connectivity index is 0.000000272. The summed E-state index contributed by atoms with van der Waals surface area (Å²) in [7, 11) is 1.37. The molecule has 3 fully saturated rings. The fourth-order valence-corrected chi connectivity index (χ4v) is 7.39. The molecule has 50 heavy (non-hydrogen) atoms. The van der Waals surface area contributed by atoms with Gasteiger partial charge in [-0.2, -0.15) is 0 Å². The van der Waals surface area contributed by atoms with Crippen molar-refractivity contribution < 1.29 is 33.8 Å². The standard InChI is InChI=1S/C17H21NO3Se.C12H18O3.C11H18O2/c1-13(2)11-17(12-21-17)14(3)7-6-10-22-16-9-5-4-8-15(16)18(19)20;1-9(2)7-12(8-15-12)10(3)5-6-11(13)14-4;1-9(2)7-11(8-13-11)10(3)5-4-6-12/h4-9,14H,1,10-12H2,2-3H3;5-6,10H,1,7-8H2,2-4H3;4-5,10,12H,1,6-8H2,2-3H3/b7-6+;6-5+;5-4+/t14-,17-;10-,12-;10-,11-/m111/s1. The van der Waals surface area contributed by atoms with E-state index in [0.29, 0.717) is 11.8 Å². The number of rotatable bonds is 18. The molecule has 0 bridgehead atoms. The Labute approximate surface area is 305 Å². The molecule has 3 aliphatic heterocycles. The molecule has 10 heteroatoms. The number of nitro benzene ring substituents is 1. The van der Waals surface area contributed by atoms with Gasteiger partial charge in [0.1, 0.15) is 11.2 Å². The second kappa shape index (κ2) is 20.1. The Morgan fingerprint density at radius 1 is 0.880 bits per heavy atom. The Morgan fingerprint density at radius 3 is 1.68 bits per heavy atom. The summed E-state index contributed by atoms with van der Waals surface area (Å²) in [5, 5.41) is 20.5. The monoisotopic (exact) mass is 759 g/mol. The van der Waals surface area contributed by atoms with Crippen LogP contribution in [0.3, 0.4) is 0 Å². The van der Waals surface area contributed by atoms with E-state index in [9.17, 15) is 14.9 Å². The summed E-state index contributed by atoms with van der Waals surface area (Å²) in [6, 6.07) is 6.99. The number of carbonyl (C=O) groups excluding carboxylic acids is 1. The van der Waals surface area contributed by atoms with Gasteiger partial charge >= 0.3 is 143 Å². The number of allylic oxidation sites excluding steroid dienone is 1. The minimum atomic E-state index is -0.326. The third kappa shape index (κ3) is 14.3. The molecule has 4 rings (SSSR count). The van der Waals surface area contributed by atoms with Gasteiger partial charge in [-0.05, 0) is 26.7 Å². The van der Waals surface area contributed by atoms with Crippen molar-refractivity contribution in [2.75, 3.05) is 33.5 Å². The number of aliphatic hydroxyl groups excluding tert-OH is 1. The molecule has 3 saturated heterocycles. The Kier molecular flexibility index (Phi) is 17.3. The van der Waals surface area contributed by atoms with Gasteiger partial charge in [-0.15, -0.1) is 13.2 Å². The van der Waals surface area contributed by atoms with Crippen LogP contribution >= 0.6 is 0 Å². The van der Waals surface area contributed by atoms with Gasteiger partial charge in [0.25, 0.3) is 0 Å². The molecule has 1 aromatic carbocycles. The predicted octanol–water partition coefficient (Wildman–Crippen LogP) is 7.26. The van der Waals surface area contributed by atoms with Crippen molar-refractivity contribution in [2.24, 2.45) is 17.8 Å². The van der Waals surface area contributed by atoms with Crippen molar-refractivity contribution in [1.29, 1.82) is 0 Å². The van der Waals surface area contributed by atoms with Crippen LogP contribution in [0.2, 0.25) is 5.32 Å². The maximum atomic E-state index is 11.0. The van der Waals surface area contributed by atoms with E-state index in [1.807, 2.05) is 52.0 Å². The van der Waals surface area contributed by atoms with Gasteiger partial charge in [0.05, 0.1) is 26.9 Å². The van der Waals surface area contributed by atoms with Crippen molar-refractivity contribution in [3.05, 3.63) is 107 Å². The van der Waals surface area contributed by atoms with Crippen molar-refractivity contribution in [1.82, 2.24) is 0 Å². The van der Waals surface area contributed by atoms with Crippen LogP contribution in [-0.2, 0) is 23.7 Å². The van der Waals surface area contributed by atoms with Gasteiger partial charge < -0.3 is 19.3 Å². The first-order chi connectivity index (χ1) is 23.5. The number of methoxy groups -OCH3 is 1. The second-order valence-corrected chi connectivity index (χ2v) is 16.0. The number of carbonyl (C=O) groups is 1. The van der Waals surface area contributed by atoms with E-state index < -0.39 is 0 Å². The first-order valence-corrected chi connectivity index (χ1v) is 19.0. The van der Waals surface area contributed by atoms with Crippen LogP contribution < -0.4 is 4.46 Å².